The standard InChI is InChI=1S/C26H29N7O/c1-26(2,3)10-7-18-14-19(15-20-24(18)30-31-25(20)27)17-8-11-28-22(16-17)29-21-9-12-33(32-21)23-6-4-5-13-34-23/h8-9,11-12,14-16,23H,4-6,13H2,1-3H3,(H3,27,30,31)(H,28,29,32). The molecular weight excluding hydrogens is 426 g/mol. The van der Waals surface area contributed by atoms with Gasteiger partial charge in [0, 0.05) is 35.9 Å². The van der Waals surface area contributed by atoms with Gasteiger partial charge >= 0.3 is 0 Å². The zero-order chi connectivity index (χ0) is 23.7. The first kappa shape index (κ1) is 22.0. The fraction of sp³-hybridized carbons (Fsp3) is 0.346. The largest absolute Gasteiger partial charge is 0.382 e. The van der Waals surface area contributed by atoms with Gasteiger partial charge < -0.3 is 15.8 Å². The number of hydrogen-bond donors (Lipinski definition) is 3. The topological polar surface area (TPSA) is 107 Å². The molecule has 4 N–H and O–H groups in total. The zero-order valence-corrected chi connectivity index (χ0v) is 19.7. The third-order valence-corrected chi connectivity index (χ3v) is 5.68. The van der Waals surface area contributed by atoms with E-state index in [9.17, 15) is 0 Å². The smallest absolute Gasteiger partial charge is 0.153 e. The second-order valence-electron chi connectivity index (χ2n) is 9.61. The molecule has 1 fully saturated rings. The summed E-state index contributed by atoms with van der Waals surface area (Å²) in [6.45, 7) is 7.05. The first-order valence-electron chi connectivity index (χ1n) is 11.6. The van der Waals surface area contributed by atoms with Crippen molar-refractivity contribution in [3.8, 4) is 23.0 Å². The van der Waals surface area contributed by atoms with Crippen LogP contribution in [-0.2, 0) is 4.74 Å². The summed E-state index contributed by atoms with van der Waals surface area (Å²) in [5, 5.41) is 16.0. The van der Waals surface area contributed by atoms with Crippen LogP contribution in [0.25, 0.3) is 22.0 Å². The zero-order valence-electron chi connectivity index (χ0n) is 19.7. The molecule has 1 unspecified atom stereocenters. The van der Waals surface area contributed by atoms with Crippen LogP contribution in [0.3, 0.4) is 0 Å². The monoisotopic (exact) mass is 455 g/mol. The number of nitrogens with one attached hydrogen (secondary N) is 2. The highest BCUT2D eigenvalue weighted by atomic mass is 16.5. The van der Waals surface area contributed by atoms with Crippen molar-refractivity contribution in [2.24, 2.45) is 5.41 Å². The van der Waals surface area contributed by atoms with Crippen molar-refractivity contribution in [2.75, 3.05) is 17.7 Å². The predicted octanol–water partition coefficient (Wildman–Crippen LogP) is 5.24. The first-order valence-corrected chi connectivity index (χ1v) is 11.6. The van der Waals surface area contributed by atoms with Crippen LogP contribution in [0.15, 0.2) is 42.7 Å². The van der Waals surface area contributed by atoms with Crippen LogP contribution in [-0.4, -0.2) is 31.6 Å². The molecule has 4 heterocycles. The van der Waals surface area contributed by atoms with Crippen LogP contribution in [0.1, 0.15) is 51.8 Å². The van der Waals surface area contributed by atoms with Gasteiger partial charge in [-0.05, 0) is 75.4 Å². The Morgan fingerprint density at radius 2 is 2.03 bits per heavy atom. The average Bonchev–Trinajstić information content (AvgIpc) is 3.45. The minimum absolute atomic E-state index is 0.00312. The van der Waals surface area contributed by atoms with Crippen molar-refractivity contribution in [2.45, 2.75) is 46.3 Å². The summed E-state index contributed by atoms with van der Waals surface area (Å²) >= 11 is 0. The Kier molecular flexibility index (Phi) is 5.72. The number of aromatic nitrogens is 5. The third kappa shape index (κ3) is 4.75. The van der Waals surface area contributed by atoms with Gasteiger partial charge in [0.05, 0.1) is 11.1 Å². The molecule has 8 nitrogen and oxygen atoms in total. The number of benzene rings is 1. The van der Waals surface area contributed by atoms with E-state index in [4.69, 9.17) is 10.5 Å². The minimum atomic E-state index is -0.117. The van der Waals surface area contributed by atoms with Crippen LogP contribution >= 0.6 is 0 Å². The maximum Gasteiger partial charge on any atom is 0.153 e. The van der Waals surface area contributed by atoms with E-state index in [1.807, 2.05) is 35.1 Å². The minimum Gasteiger partial charge on any atom is -0.382 e. The number of fused-ring (bicyclic) bond motifs is 1. The Morgan fingerprint density at radius 3 is 2.82 bits per heavy atom. The number of nitrogens with two attached hydrogens (primary N) is 1. The van der Waals surface area contributed by atoms with Gasteiger partial charge in [-0.1, -0.05) is 11.8 Å². The van der Waals surface area contributed by atoms with Crippen molar-refractivity contribution in [3.63, 3.8) is 0 Å². The van der Waals surface area contributed by atoms with Crippen LogP contribution in [0.2, 0.25) is 0 Å². The molecule has 1 aromatic carbocycles. The van der Waals surface area contributed by atoms with Gasteiger partial charge in [0.25, 0.3) is 0 Å². The quantitative estimate of drug-likeness (QED) is 0.363. The first-order chi connectivity index (χ1) is 16.4. The predicted molar refractivity (Wildman–Crippen MR) is 134 cm³/mol. The molecule has 0 saturated carbocycles. The molecule has 5 rings (SSSR count). The highest BCUT2D eigenvalue weighted by molar-refractivity contribution is 5.96. The highest BCUT2D eigenvalue weighted by Crippen LogP contribution is 2.31. The van der Waals surface area contributed by atoms with Crippen LogP contribution in [0.5, 0.6) is 0 Å². The summed E-state index contributed by atoms with van der Waals surface area (Å²) in [7, 11) is 0. The maximum absolute atomic E-state index is 6.13. The molecular formula is C26H29N7O. The Hall–Kier alpha value is -3.83. The van der Waals surface area contributed by atoms with Crippen LogP contribution < -0.4 is 11.1 Å². The van der Waals surface area contributed by atoms with E-state index in [-0.39, 0.29) is 11.6 Å². The molecule has 34 heavy (non-hydrogen) atoms. The molecule has 0 spiro atoms. The van der Waals surface area contributed by atoms with Gasteiger partial charge in [0.1, 0.15) is 12.0 Å². The van der Waals surface area contributed by atoms with E-state index in [1.165, 1.54) is 0 Å². The van der Waals surface area contributed by atoms with Crippen molar-refractivity contribution >= 4 is 28.4 Å². The number of H-pyrrole nitrogens is 1. The second-order valence-corrected chi connectivity index (χ2v) is 9.61. The van der Waals surface area contributed by atoms with E-state index in [0.29, 0.717) is 11.6 Å². The average molecular weight is 456 g/mol. The molecule has 1 saturated heterocycles. The molecule has 1 atom stereocenters. The summed E-state index contributed by atoms with van der Waals surface area (Å²) in [6.07, 6.45) is 6.97. The number of nitrogens with zero attached hydrogens (tertiary/aromatic N) is 4. The van der Waals surface area contributed by atoms with Gasteiger partial charge in [-0.2, -0.15) is 10.2 Å². The Balaban J connectivity index is 1.45. The number of pyridine rings is 1. The van der Waals surface area contributed by atoms with Crippen molar-refractivity contribution in [1.29, 1.82) is 0 Å². The summed E-state index contributed by atoms with van der Waals surface area (Å²) in [5.74, 6) is 8.50. The van der Waals surface area contributed by atoms with E-state index in [0.717, 1.165) is 59.3 Å². The van der Waals surface area contributed by atoms with Gasteiger partial charge in [0.2, 0.25) is 0 Å². The highest BCUT2D eigenvalue weighted by Gasteiger charge is 2.17. The Bertz CT molecular complexity index is 1380. The molecule has 1 aliphatic rings. The number of rotatable bonds is 4. The fourth-order valence-electron chi connectivity index (χ4n) is 3.97. The second kappa shape index (κ2) is 8.84. The van der Waals surface area contributed by atoms with E-state index >= 15 is 0 Å². The lowest BCUT2D eigenvalue weighted by molar-refractivity contribution is -0.0393. The SMILES string of the molecule is CC(C)(C)C#Cc1cc(-c2ccnc(Nc3ccn(C4CCCCO4)n3)c2)cc2c(N)n[nH]c12. The van der Waals surface area contributed by atoms with Crippen LogP contribution in [0, 0.1) is 17.3 Å². The van der Waals surface area contributed by atoms with Gasteiger partial charge in [-0.3, -0.25) is 5.10 Å². The van der Waals surface area contributed by atoms with Crippen LogP contribution in [0.4, 0.5) is 17.5 Å². The van der Waals surface area contributed by atoms with E-state index in [1.54, 1.807) is 6.20 Å². The summed E-state index contributed by atoms with van der Waals surface area (Å²) in [6, 6.07) is 10.00. The maximum atomic E-state index is 6.13. The number of ether oxygens (including phenoxy) is 1. The molecule has 174 valence electrons. The summed E-state index contributed by atoms with van der Waals surface area (Å²) < 4.78 is 7.70. The number of aromatic amines is 1. The van der Waals surface area contributed by atoms with Crippen molar-refractivity contribution < 1.29 is 4.74 Å². The molecule has 1 aliphatic heterocycles. The molecule has 3 aromatic heterocycles. The molecule has 0 aliphatic carbocycles. The van der Waals surface area contributed by atoms with E-state index < -0.39 is 0 Å². The molecule has 4 aromatic rings. The number of nitrogen functional groups attached to an aromatic ring is 1. The lowest BCUT2D eigenvalue weighted by Gasteiger charge is -2.22. The van der Waals surface area contributed by atoms with Crippen molar-refractivity contribution in [3.05, 3.63) is 48.3 Å². The molecule has 0 amide bonds. The normalized spacial score (nSPS) is 16.3. The molecule has 8 heteroatoms. The Morgan fingerprint density at radius 1 is 1.15 bits per heavy atom. The van der Waals surface area contributed by atoms with E-state index in [2.05, 4.69) is 64.3 Å². The lowest BCUT2D eigenvalue weighted by atomic mass is 9.96. The van der Waals surface area contributed by atoms with Gasteiger partial charge in [-0.25, -0.2) is 9.67 Å². The third-order valence-electron chi connectivity index (χ3n) is 5.68. The summed E-state index contributed by atoms with van der Waals surface area (Å²) in [4.78, 5) is 4.48. The summed E-state index contributed by atoms with van der Waals surface area (Å²) in [5.41, 5.74) is 9.71. The molecule has 0 bridgehead atoms. The fourth-order valence-corrected chi connectivity index (χ4v) is 3.97. The number of anilines is 3. The number of hydrogen-bond acceptors (Lipinski definition) is 6. The Labute approximate surface area is 198 Å². The van der Waals surface area contributed by atoms with Gasteiger partial charge in [-0.15, -0.1) is 0 Å². The lowest BCUT2D eigenvalue weighted by Crippen LogP contribution is -2.18. The molecule has 0 radical (unpaired) electrons. The van der Waals surface area contributed by atoms with Gasteiger partial charge in [0.15, 0.2) is 11.6 Å². The van der Waals surface area contributed by atoms with Crippen molar-refractivity contribution in [1.82, 2.24) is 25.0 Å².